The van der Waals surface area contributed by atoms with E-state index >= 15 is 0 Å². The second kappa shape index (κ2) is 6.89. The lowest BCUT2D eigenvalue weighted by atomic mass is 9.96. The van der Waals surface area contributed by atoms with Gasteiger partial charge >= 0.3 is 0 Å². The van der Waals surface area contributed by atoms with Crippen molar-refractivity contribution in [3.63, 3.8) is 0 Å². The number of aryl methyl sites for hydroxylation is 2. The van der Waals surface area contributed by atoms with Gasteiger partial charge in [-0.1, -0.05) is 5.16 Å². The van der Waals surface area contributed by atoms with E-state index in [0.717, 1.165) is 19.3 Å². The van der Waals surface area contributed by atoms with Gasteiger partial charge in [0.2, 0.25) is 10.0 Å². The van der Waals surface area contributed by atoms with Gasteiger partial charge < -0.3 is 10.3 Å². The van der Waals surface area contributed by atoms with Crippen LogP contribution in [0.1, 0.15) is 30.7 Å². The zero-order chi connectivity index (χ0) is 14.0. The van der Waals surface area contributed by atoms with Crippen molar-refractivity contribution in [2.45, 2.75) is 38.0 Å². The highest BCUT2D eigenvalue weighted by atomic mass is 35.5. The van der Waals surface area contributed by atoms with Gasteiger partial charge in [0.05, 0.1) is 0 Å². The molecule has 0 saturated carbocycles. The zero-order valence-corrected chi connectivity index (χ0v) is 13.5. The highest BCUT2D eigenvalue weighted by Gasteiger charge is 2.34. The second-order valence-electron chi connectivity index (χ2n) is 5.10. The molecule has 116 valence electrons. The van der Waals surface area contributed by atoms with Gasteiger partial charge in [0, 0.05) is 13.1 Å². The number of nitrogens with zero attached hydrogens (tertiary/aromatic N) is 2. The topological polar surface area (TPSA) is 89.4 Å². The standard InChI is InChI=1S/C12H21N3O3S.ClH/c1-9-12(10(2)18-14-9)19(16,17)15-7-3-4-11(8-15)5-6-13;/h11H,3-8,13H2,1-2H3;1H. The number of hydrogen-bond acceptors (Lipinski definition) is 5. The van der Waals surface area contributed by atoms with Gasteiger partial charge in [-0.3, -0.25) is 0 Å². The first-order valence-electron chi connectivity index (χ1n) is 6.60. The molecule has 2 N–H and O–H groups in total. The molecule has 0 aliphatic carbocycles. The molecule has 20 heavy (non-hydrogen) atoms. The summed E-state index contributed by atoms with van der Waals surface area (Å²) in [6.07, 6.45) is 2.80. The fourth-order valence-electron chi connectivity index (χ4n) is 2.69. The van der Waals surface area contributed by atoms with E-state index < -0.39 is 10.0 Å². The fraction of sp³-hybridized carbons (Fsp3) is 0.750. The molecule has 1 fully saturated rings. The molecule has 1 unspecified atom stereocenters. The van der Waals surface area contributed by atoms with Gasteiger partial charge in [-0.05, 0) is 45.6 Å². The Morgan fingerprint density at radius 1 is 1.45 bits per heavy atom. The van der Waals surface area contributed by atoms with E-state index in [1.807, 2.05) is 0 Å². The minimum Gasteiger partial charge on any atom is -0.360 e. The Kier molecular flexibility index (Phi) is 6.00. The summed E-state index contributed by atoms with van der Waals surface area (Å²) in [6.45, 7) is 5.00. The lowest BCUT2D eigenvalue weighted by molar-refractivity contribution is 0.258. The third-order valence-electron chi connectivity index (χ3n) is 3.62. The van der Waals surface area contributed by atoms with Crippen LogP contribution in [0, 0.1) is 19.8 Å². The van der Waals surface area contributed by atoms with Crippen LogP contribution in [-0.2, 0) is 10.0 Å². The number of nitrogens with two attached hydrogens (primary N) is 1. The largest absolute Gasteiger partial charge is 0.360 e. The van der Waals surface area contributed by atoms with Gasteiger partial charge in [0.1, 0.15) is 10.6 Å². The lowest BCUT2D eigenvalue weighted by Gasteiger charge is -2.31. The van der Waals surface area contributed by atoms with Gasteiger partial charge in [-0.2, -0.15) is 4.31 Å². The summed E-state index contributed by atoms with van der Waals surface area (Å²) in [7, 11) is -3.50. The number of hydrogen-bond donors (Lipinski definition) is 1. The van der Waals surface area contributed by atoms with Crippen molar-refractivity contribution in [2.75, 3.05) is 19.6 Å². The van der Waals surface area contributed by atoms with E-state index in [0.29, 0.717) is 37.0 Å². The molecule has 0 radical (unpaired) electrons. The monoisotopic (exact) mass is 323 g/mol. The van der Waals surface area contributed by atoms with Crippen molar-refractivity contribution in [1.82, 2.24) is 9.46 Å². The van der Waals surface area contributed by atoms with Crippen LogP contribution in [-0.4, -0.2) is 37.5 Å². The Bertz CT molecular complexity index is 523. The van der Waals surface area contributed by atoms with Gasteiger partial charge in [-0.25, -0.2) is 8.42 Å². The molecule has 1 saturated heterocycles. The van der Waals surface area contributed by atoms with Crippen molar-refractivity contribution in [2.24, 2.45) is 11.7 Å². The summed E-state index contributed by atoms with van der Waals surface area (Å²) in [6, 6.07) is 0. The molecule has 0 spiro atoms. The van der Waals surface area contributed by atoms with Crippen molar-refractivity contribution >= 4 is 22.4 Å². The molecule has 0 amide bonds. The van der Waals surface area contributed by atoms with Crippen LogP contribution in [0.3, 0.4) is 0 Å². The van der Waals surface area contributed by atoms with Crippen LogP contribution in [0.2, 0.25) is 0 Å². The maximum Gasteiger partial charge on any atom is 0.248 e. The number of rotatable bonds is 4. The van der Waals surface area contributed by atoms with Crippen LogP contribution in [0.25, 0.3) is 0 Å². The number of aromatic nitrogens is 1. The van der Waals surface area contributed by atoms with E-state index in [9.17, 15) is 8.42 Å². The van der Waals surface area contributed by atoms with Crippen LogP contribution >= 0.6 is 12.4 Å². The molecule has 8 heteroatoms. The minimum atomic E-state index is -3.50. The summed E-state index contributed by atoms with van der Waals surface area (Å²) in [4.78, 5) is 0.223. The van der Waals surface area contributed by atoms with Crippen molar-refractivity contribution in [3.05, 3.63) is 11.5 Å². The Morgan fingerprint density at radius 2 is 2.15 bits per heavy atom. The number of piperidine rings is 1. The molecule has 0 bridgehead atoms. The fourth-order valence-corrected chi connectivity index (χ4v) is 4.53. The molecule has 0 aromatic carbocycles. The quantitative estimate of drug-likeness (QED) is 0.906. The average Bonchev–Trinajstić information content (AvgIpc) is 2.70. The molecule has 1 aliphatic heterocycles. The molecule has 1 aliphatic rings. The molecule has 6 nitrogen and oxygen atoms in total. The maximum atomic E-state index is 12.6. The maximum absolute atomic E-state index is 12.6. The third-order valence-corrected chi connectivity index (χ3v) is 5.73. The SMILES string of the molecule is Cc1noc(C)c1S(=O)(=O)N1CCCC(CCN)C1.Cl. The third kappa shape index (κ3) is 3.33. The molecule has 1 aromatic heterocycles. The first-order chi connectivity index (χ1) is 8.96. The summed E-state index contributed by atoms with van der Waals surface area (Å²) in [5.74, 6) is 0.715. The summed E-state index contributed by atoms with van der Waals surface area (Å²) in [5, 5.41) is 3.73. The second-order valence-corrected chi connectivity index (χ2v) is 6.98. The minimum absolute atomic E-state index is 0. The summed E-state index contributed by atoms with van der Waals surface area (Å²) < 4.78 is 31.8. The predicted octanol–water partition coefficient (Wildman–Crippen LogP) is 1.46. The van der Waals surface area contributed by atoms with Crippen LogP contribution in [0.5, 0.6) is 0 Å². The molecule has 2 rings (SSSR count). The first-order valence-corrected chi connectivity index (χ1v) is 8.04. The Labute approximate surface area is 126 Å². The highest BCUT2D eigenvalue weighted by Crippen LogP contribution is 2.28. The van der Waals surface area contributed by atoms with Crippen molar-refractivity contribution < 1.29 is 12.9 Å². The summed E-state index contributed by atoms with van der Waals surface area (Å²) in [5.41, 5.74) is 5.99. The van der Waals surface area contributed by atoms with E-state index in [1.54, 1.807) is 18.2 Å². The average molecular weight is 324 g/mol. The zero-order valence-electron chi connectivity index (χ0n) is 11.8. The van der Waals surface area contributed by atoms with E-state index in [-0.39, 0.29) is 17.3 Å². The Hall–Kier alpha value is -0.630. The predicted molar refractivity (Wildman–Crippen MR) is 78.4 cm³/mol. The van der Waals surface area contributed by atoms with E-state index in [2.05, 4.69) is 5.16 Å². The molecular weight excluding hydrogens is 302 g/mol. The number of sulfonamides is 1. The van der Waals surface area contributed by atoms with Crippen LogP contribution in [0.4, 0.5) is 0 Å². The first kappa shape index (κ1) is 17.4. The van der Waals surface area contributed by atoms with E-state index in [1.165, 1.54) is 0 Å². The molecule has 1 atom stereocenters. The molecule has 2 heterocycles. The molecular formula is C12H22ClN3O3S. The van der Waals surface area contributed by atoms with Gasteiger partial charge in [0.15, 0.2) is 5.76 Å². The Balaban J connectivity index is 0.00000200. The van der Waals surface area contributed by atoms with Crippen LogP contribution < -0.4 is 5.73 Å². The van der Waals surface area contributed by atoms with Crippen molar-refractivity contribution in [1.29, 1.82) is 0 Å². The normalized spacial score (nSPS) is 20.6. The van der Waals surface area contributed by atoms with Gasteiger partial charge in [-0.15, -0.1) is 12.4 Å². The van der Waals surface area contributed by atoms with Gasteiger partial charge in [0.25, 0.3) is 0 Å². The smallest absolute Gasteiger partial charge is 0.248 e. The van der Waals surface area contributed by atoms with E-state index in [4.69, 9.17) is 10.3 Å². The molecule has 1 aromatic rings. The summed E-state index contributed by atoms with van der Waals surface area (Å²) >= 11 is 0. The Morgan fingerprint density at radius 3 is 2.70 bits per heavy atom. The highest BCUT2D eigenvalue weighted by molar-refractivity contribution is 7.89. The number of halogens is 1. The van der Waals surface area contributed by atoms with Crippen LogP contribution in [0.15, 0.2) is 9.42 Å². The van der Waals surface area contributed by atoms with Crippen molar-refractivity contribution in [3.8, 4) is 0 Å². The lowest BCUT2D eigenvalue weighted by Crippen LogP contribution is -2.40.